The van der Waals surface area contributed by atoms with Crippen LogP contribution in [0.1, 0.15) is 19.8 Å². The molecule has 2 heteroatoms. The van der Waals surface area contributed by atoms with Crippen LogP contribution in [-0.2, 0) is 9.47 Å². The third kappa shape index (κ3) is 7.82. The van der Waals surface area contributed by atoms with Crippen molar-refractivity contribution in [3.05, 3.63) is 13.8 Å². The highest BCUT2D eigenvalue weighted by atomic mass is 16.5. The van der Waals surface area contributed by atoms with E-state index >= 15 is 0 Å². The van der Waals surface area contributed by atoms with Gasteiger partial charge < -0.3 is 9.47 Å². The summed E-state index contributed by atoms with van der Waals surface area (Å²) in [7, 11) is 0. The molecule has 0 aromatic heterocycles. The maximum absolute atomic E-state index is 5.39. The van der Waals surface area contributed by atoms with Gasteiger partial charge in [0.05, 0.1) is 12.7 Å². The average Bonchev–Trinajstić information content (AvgIpc) is 2.01. The lowest BCUT2D eigenvalue weighted by Gasteiger charge is -2.11. The second-order valence-corrected chi connectivity index (χ2v) is 2.46. The molecule has 0 bridgehead atoms. The fourth-order valence-electron chi connectivity index (χ4n) is 0.684. The Balaban J connectivity index is 3.02. The smallest absolute Gasteiger partial charge is 0.0780 e. The molecule has 1 atom stereocenters. The van der Waals surface area contributed by atoms with Crippen LogP contribution in [0.25, 0.3) is 0 Å². The van der Waals surface area contributed by atoms with Gasteiger partial charge in [-0.2, -0.15) is 0 Å². The van der Waals surface area contributed by atoms with Crippen molar-refractivity contribution in [2.45, 2.75) is 25.9 Å². The highest BCUT2D eigenvalue weighted by molar-refractivity contribution is 4.48. The Labute approximate surface area is 69.9 Å². The zero-order valence-corrected chi connectivity index (χ0v) is 7.34. The lowest BCUT2D eigenvalue weighted by Crippen LogP contribution is -2.16. The Kier molecular flexibility index (Phi) is 7.96. The molecule has 0 heterocycles. The van der Waals surface area contributed by atoms with E-state index in [1.54, 1.807) is 0 Å². The molecule has 1 unspecified atom stereocenters. The molecule has 0 aliphatic rings. The molecule has 11 heavy (non-hydrogen) atoms. The number of ether oxygens (including phenoxy) is 2. The van der Waals surface area contributed by atoms with Gasteiger partial charge in [0.15, 0.2) is 0 Å². The van der Waals surface area contributed by atoms with Crippen LogP contribution in [0.15, 0.2) is 0 Å². The lowest BCUT2D eigenvalue weighted by molar-refractivity contribution is -0.000449. The van der Waals surface area contributed by atoms with Gasteiger partial charge >= 0.3 is 0 Å². The average molecular weight is 158 g/mol. The van der Waals surface area contributed by atoms with E-state index in [9.17, 15) is 0 Å². The van der Waals surface area contributed by atoms with E-state index in [1.165, 1.54) is 0 Å². The van der Waals surface area contributed by atoms with Crippen molar-refractivity contribution in [3.8, 4) is 0 Å². The normalized spacial score (nSPS) is 13.4. The summed E-state index contributed by atoms with van der Waals surface area (Å²) in [6.45, 7) is 11.2. The predicted octanol–water partition coefficient (Wildman–Crippen LogP) is 1.86. The third-order valence-corrected chi connectivity index (χ3v) is 1.29. The largest absolute Gasteiger partial charge is 0.379 e. The van der Waals surface area contributed by atoms with E-state index in [2.05, 4.69) is 13.8 Å². The predicted molar refractivity (Wildman–Crippen MR) is 46.2 cm³/mol. The van der Waals surface area contributed by atoms with E-state index in [1.807, 2.05) is 6.92 Å². The number of hydrogen-bond donors (Lipinski definition) is 0. The fraction of sp³-hybridized carbons (Fsp3) is 0.778. The maximum atomic E-state index is 5.39. The summed E-state index contributed by atoms with van der Waals surface area (Å²) >= 11 is 0. The second-order valence-electron chi connectivity index (χ2n) is 2.46. The van der Waals surface area contributed by atoms with E-state index in [-0.39, 0.29) is 6.10 Å². The third-order valence-electron chi connectivity index (χ3n) is 1.29. The van der Waals surface area contributed by atoms with Crippen molar-refractivity contribution in [1.82, 2.24) is 0 Å². The van der Waals surface area contributed by atoms with Crippen LogP contribution in [0.4, 0.5) is 0 Å². The van der Waals surface area contributed by atoms with Gasteiger partial charge in [-0.25, -0.2) is 0 Å². The second kappa shape index (κ2) is 8.02. The van der Waals surface area contributed by atoms with Gasteiger partial charge in [0.2, 0.25) is 0 Å². The van der Waals surface area contributed by atoms with Crippen LogP contribution >= 0.6 is 0 Å². The molecule has 2 radical (unpaired) electrons. The minimum Gasteiger partial charge on any atom is -0.379 e. The van der Waals surface area contributed by atoms with Gasteiger partial charge in [-0.05, 0) is 20.3 Å². The molecule has 2 nitrogen and oxygen atoms in total. The van der Waals surface area contributed by atoms with Gasteiger partial charge in [0, 0.05) is 13.2 Å². The lowest BCUT2D eigenvalue weighted by atomic mass is 10.3. The zero-order valence-electron chi connectivity index (χ0n) is 7.34. The summed E-state index contributed by atoms with van der Waals surface area (Å²) < 4.78 is 10.5. The first-order valence-corrected chi connectivity index (χ1v) is 4.09. The summed E-state index contributed by atoms with van der Waals surface area (Å²) in [5.74, 6) is 0. The summed E-state index contributed by atoms with van der Waals surface area (Å²) in [6, 6.07) is 0. The minimum absolute atomic E-state index is 0.184. The molecule has 0 spiro atoms. The van der Waals surface area contributed by atoms with Crippen LogP contribution in [0.5, 0.6) is 0 Å². The molecule has 0 aliphatic carbocycles. The van der Waals surface area contributed by atoms with Gasteiger partial charge in [-0.3, -0.25) is 0 Å². The van der Waals surface area contributed by atoms with E-state index < -0.39 is 0 Å². The molecule has 0 saturated carbocycles. The van der Waals surface area contributed by atoms with Crippen LogP contribution in [0.3, 0.4) is 0 Å². The Morgan fingerprint density at radius 2 is 2.09 bits per heavy atom. The molecular weight excluding hydrogens is 140 g/mol. The van der Waals surface area contributed by atoms with E-state index in [4.69, 9.17) is 9.47 Å². The summed E-state index contributed by atoms with van der Waals surface area (Å²) in [5, 5.41) is 0. The fourth-order valence-corrected chi connectivity index (χ4v) is 0.684. The Morgan fingerprint density at radius 1 is 1.36 bits per heavy atom. The highest BCUT2D eigenvalue weighted by Gasteiger charge is 1.99. The molecule has 66 valence electrons. The summed E-state index contributed by atoms with van der Waals surface area (Å²) in [5.41, 5.74) is 0. The van der Waals surface area contributed by atoms with E-state index in [0.717, 1.165) is 19.4 Å². The van der Waals surface area contributed by atoms with Crippen molar-refractivity contribution < 1.29 is 9.47 Å². The molecule has 0 saturated heterocycles. The van der Waals surface area contributed by atoms with Crippen molar-refractivity contribution in [3.63, 3.8) is 0 Å². The van der Waals surface area contributed by atoms with Crippen LogP contribution in [-0.4, -0.2) is 25.9 Å². The van der Waals surface area contributed by atoms with Gasteiger partial charge in [-0.1, -0.05) is 13.3 Å². The first kappa shape index (κ1) is 10.9. The van der Waals surface area contributed by atoms with Gasteiger partial charge in [0.25, 0.3) is 0 Å². The number of rotatable bonds is 7. The highest BCUT2D eigenvalue weighted by Crippen LogP contribution is 1.95. The first-order valence-electron chi connectivity index (χ1n) is 4.09. The quantitative estimate of drug-likeness (QED) is 0.526. The van der Waals surface area contributed by atoms with Crippen LogP contribution < -0.4 is 0 Å². The van der Waals surface area contributed by atoms with Crippen molar-refractivity contribution in [2.75, 3.05) is 19.8 Å². The maximum Gasteiger partial charge on any atom is 0.0780 e. The Hall–Kier alpha value is -0.0800. The molecule has 0 amide bonds. The van der Waals surface area contributed by atoms with Crippen LogP contribution in [0, 0.1) is 13.8 Å². The molecule has 0 aromatic carbocycles. The molecule has 0 aromatic rings. The van der Waals surface area contributed by atoms with E-state index in [0.29, 0.717) is 13.2 Å². The molecule has 0 fully saturated rings. The SMILES string of the molecule is [CH2]CCCOC(C)COC[CH2]. The summed E-state index contributed by atoms with van der Waals surface area (Å²) in [6.07, 6.45) is 2.14. The number of unbranched alkanes of at least 4 members (excludes halogenated alkanes) is 1. The molecule has 0 N–H and O–H groups in total. The first-order chi connectivity index (χ1) is 5.31. The molecule has 0 rings (SSSR count). The minimum atomic E-state index is 0.184. The Morgan fingerprint density at radius 3 is 2.64 bits per heavy atom. The number of hydrogen-bond acceptors (Lipinski definition) is 2. The van der Waals surface area contributed by atoms with Crippen molar-refractivity contribution >= 4 is 0 Å². The summed E-state index contributed by atoms with van der Waals surface area (Å²) in [4.78, 5) is 0. The van der Waals surface area contributed by atoms with Crippen molar-refractivity contribution in [1.29, 1.82) is 0 Å². The molecule has 0 aliphatic heterocycles. The standard InChI is InChI=1S/C9H18O2/c1-4-6-7-11-9(3)8-10-5-2/h9H,1-2,4-8H2,3H3. The van der Waals surface area contributed by atoms with Crippen molar-refractivity contribution in [2.24, 2.45) is 0 Å². The Bertz CT molecular complexity index is 74.0. The van der Waals surface area contributed by atoms with Crippen LogP contribution in [0.2, 0.25) is 0 Å². The van der Waals surface area contributed by atoms with Gasteiger partial charge in [0.1, 0.15) is 0 Å². The topological polar surface area (TPSA) is 18.5 Å². The zero-order chi connectivity index (χ0) is 8.53. The monoisotopic (exact) mass is 158 g/mol. The molecular formula is C9H18O2. The van der Waals surface area contributed by atoms with Gasteiger partial charge in [-0.15, -0.1) is 0 Å².